The molecule has 0 aliphatic rings. The summed E-state index contributed by atoms with van der Waals surface area (Å²) in [6.07, 6.45) is 59.3. The molecule has 66 heavy (non-hydrogen) atoms. The number of ether oxygens (including phenoxy) is 1. The quantitative estimate of drug-likeness (QED) is 0.0199. The van der Waals surface area contributed by atoms with Crippen LogP contribution in [-0.2, 0) is 32.7 Å². The lowest BCUT2D eigenvalue weighted by Gasteiger charge is -2.18. The number of carbonyl (C=O) groups is 3. The monoisotopic (exact) mass is 948 g/mol. The number of aliphatic hydroxyl groups excluding tert-OH is 1. The molecule has 0 heterocycles. The first-order valence-electron chi connectivity index (χ1n) is 26.0. The molecule has 380 valence electrons. The van der Waals surface area contributed by atoms with E-state index in [0.717, 1.165) is 70.6 Å². The van der Waals surface area contributed by atoms with E-state index in [2.05, 4.69) is 92.1 Å². The van der Waals surface area contributed by atoms with Crippen LogP contribution < -0.4 is 5.32 Å². The number of hydrogen-bond acceptors (Lipinski definition) is 8. The molecule has 3 unspecified atom stereocenters. The minimum atomic E-state index is -4.78. The van der Waals surface area contributed by atoms with E-state index >= 15 is 0 Å². The molecule has 12 heteroatoms. The maximum Gasteiger partial charge on any atom is 0.472 e. The first-order chi connectivity index (χ1) is 32.1. The van der Waals surface area contributed by atoms with E-state index in [9.17, 15) is 34.1 Å². The topological polar surface area (TPSA) is 169 Å². The smallest absolute Gasteiger partial charge is 0.472 e. The van der Waals surface area contributed by atoms with E-state index < -0.39 is 57.6 Å². The summed E-state index contributed by atoms with van der Waals surface area (Å²) in [5, 5.41) is 21.9. The molecule has 0 saturated heterocycles. The van der Waals surface area contributed by atoms with Gasteiger partial charge in [0.2, 0.25) is 5.91 Å². The van der Waals surface area contributed by atoms with Crippen molar-refractivity contribution in [3.05, 3.63) is 72.9 Å². The summed E-state index contributed by atoms with van der Waals surface area (Å²) < 4.78 is 26.9. The Morgan fingerprint density at radius 3 is 1.30 bits per heavy atom. The van der Waals surface area contributed by atoms with E-state index in [4.69, 9.17) is 13.8 Å². The van der Waals surface area contributed by atoms with Crippen molar-refractivity contribution >= 4 is 25.7 Å². The molecule has 0 radical (unpaired) electrons. The highest BCUT2D eigenvalue weighted by Crippen LogP contribution is 2.43. The molecular formula is C54H94NO10P. The number of rotatable bonds is 48. The number of carboxylic acids is 1. The zero-order chi connectivity index (χ0) is 48.4. The minimum Gasteiger partial charge on any atom is -0.480 e. The van der Waals surface area contributed by atoms with Gasteiger partial charge in [0.1, 0.15) is 12.7 Å². The lowest BCUT2D eigenvalue weighted by molar-refractivity contribution is -0.147. The van der Waals surface area contributed by atoms with Gasteiger partial charge >= 0.3 is 19.8 Å². The number of esters is 1. The number of carboxylic acid groups (broad SMARTS) is 1. The number of amides is 1. The molecule has 0 aromatic carbocycles. The fourth-order valence-electron chi connectivity index (χ4n) is 7.03. The van der Waals surface area contributed by atoms with Gasteiger partial charge < -0.3 is 25.2 Å². The van der Waals surface area contributed by atoms with Crippen molar-refractivity contribution in [3.8, 4) is 0 Å². The molecule has 1 amide bonds. The number of nitrogens with one attached hydrogen (secondary N) is 1. The third kappa shape index (κ3) is 47.4. The Labute approximate surface area is 401 Å². The van der Waals surface area contributed by atoms with Crippen molar-refractivity contribution in [2.45, 2.75) is 231 Å². The van der Waals surface area contributed by atoms with Crippen molar-refractivity contribution in [1.82, 2.24) is 5.32 Å². The number of hydrogen-bond donors (Lipinski definition) is 4. The number of aliphatic hydroxyl groups is 1. The Morgan fingerprint density at radius 1 is 0.500 bits per heavy atom. The zero-order valence-corrected chi connectivity index (χ0v) is 42.4. The average Bonchev–Trinajstić information content (AvgIpc) is 3.29. The standard InChI is InChI=1S/C54H94NO10P/c1-3-5-7-9-11-13-15-17-19-21-23-25-27-29-31-33-35-37-39-41-43-45-52(57)55-51(54(59)60)49-65-66(61,62)64-48-50(56)47-63-53(58)46-44-42-40-38-36-34-32-30-28-26-24-22-20-18-16-14-12-10-8-6-4-2/h6,8,12,14,18,20,24,26,30,32,36,38,50-51,56H,3-5,7,9-11,13,15-17,19,21-23,25,27-29,31,33-35,37,39-49H2,1-2H3,(H,55,57)(H,59,60)(H,61,62)/b8-6-,14-12-,20-18-,26-24-,32-30-,38-36-. The summed E-state index contributed by atoms with van der Waals surface area (Å²) in [6, 6.07) is -1.55. The molecule has 11 nitrogen and oxygen atoms in total. The van der Waals surface area contributed by atoms with Crippen LogP contribution in [0.25, 0.3) is 0 Å². The lowest BCUT2D eigenvalue weighted by atomic mass is 10.0. The summed E-state index contributed by atoms with van der Waals surface area (Å²) >= 11 is 0. The van der Waals surface area contributed by atoms with E-state index in [1.165, 1.54) is 109 Å². The lowest BCUT2D eigenvalue weighted by Crippen LogP contribution is -2.43. The van der Waals surface area contributed by atoms with Gasteiger partial charge in [0.15, 0.2) is 6.04 Å². The zero-order valence-electron chi connectivity index (χ0n) is 41.5. The Hall–Kier alpha value is -3.08. The Balaban J connectivity index is 3.88. The summed E-state index contributed by atoms with van der Waals surface area (Å²) in [4.78, 5) is 46.1. The van der Waals surface area contributed by atoms with Gasteiger partial charge in [-0.2, -0.15) is 0 Å². The van der Waals surface area contributed by atoms with Gasteiger partial charge in [0.25, 0.3) is 0 Å². The highest BCUT2D eigenvalue weighted by atomic mass is 31.2. The van der Waals surface area contributed by atoms with Crippen LogP contribution in [0, 0.1) is 0 Å². The van der Waals surface area contributed by atoms with Gasteiger partial charge in [-0.1, -0.05) is 215 Å². The van der Waals surface area contributed by atoms with E-state index in [0.29, 0.717) is 12.8 Å². The van der Waals surface area contributed by atoms with Gasteiger partial charge in [0, 0.05) is 12.8 Å². The number of phosphoric acid groups is 1. The first kappa shape index (κ1) is 62.9. The largest absolute Gasteiger partial charge is 0.480 e. The van der Waals surface area contributed by atoms with Crippen molar-refractivity contribution in [1.29, 1.82) is 0 Å². The molecule has 0 aromatic heterocycles. The van der Waals surface area contributed by atoms with Crippen LogP contribution in [0.2, 0.25) is 0 Å². The summed E-state index contributed by atoms with van der Waals surface area (Å²) in [5.41, 5.74) is 0. The maximum atomic E-state index is 12.4. The highest BCUT2D eigenvalue weighted by Gasteiger charge is 2.28. The Kier molecular flexibility index (Phi) is 46.1. The fourth-order valence-corrected chi connectivity index (χ4v) is 7.80. The summed E-state index contributed by atoms with van der Waals surface area (Å²) in [7, 11) is -4.78. The predicted molar refractivity (Wildman–Crippen MR) is 272 cm³/mol. The normalized spacial score (nSPS) is 14.1. The number of carbonyl (C=O) groups excluding carboxylic acids is 2. The molecule has 0 rings (SSSR count). The number of allylic oxidation sites excluding steroid dienone is 12. The molecule has 0 aromatic rings. The van der Waals surface area contributed by atoms with Crippen molar-refractivity contribution in [2.24, 2.45) is 0 Å². The van der Waals surface area contributed by atoms with Crippen LogP contribution in [0.15, 0.2) is 72.9 Å². The Morgan fingerprint density at radius 2 is 0.879 bits per heavy atom. The molecular weight excluding hydrogens is 854 g/mol. The van der Waals surface area contributed by atoms with Crippen molar-refractivity contribution < 1.29 is 47.8 Å². The number of phosphoric ester groups is 1. The third-order valence-electron chi connectivity index (χ3n) is 11.0. The van der Waals surface area contributed by atoms with Crippen LogP contribution in [0.5, 0.6) is 0 Å². The molecule has 0 saturated carbocycles. The second-order valence-corrected chi connectivity index (χ2v) is 18.8. The average molecular weight is 948 g/mol. The van der Waals surface area contributed by atoms with Gasteiger partial charge in [-0.15, -0.1) is 0 Å². The SMILES string of the molecule is CC/C=C\C/C=C\C/C=C\C/C=C\C/C=C\C/C=C\CCCCC(=O)OCC(O)COP(=O)(O)OCC(NC(=O)CCCCCCCCCCCCCCCCCCCCCCC)C(=O)O. The van der Waals surface area contributed by atoms with Gasteiger partial charge in [-0.25, -0.2) is 9.36 Å². The van der Waals surface area contributed by atoms with Crippen LogP contribution >= 0.6 is 7.82 Å². The van der Waals surface area contributed by atoms with Crippen LogP contribution in [0.1, 0.15) is 219 Å². The van der Waals surface area contributed by atoms with Gasteiger partial charge in [0.05, 0.1) is 13.2 Å². The second kappa shape index (κ2) is 48.4. The molecule has 0 bridgehead atoms. The molecule has 0 fully saturated rings. The molecule has 4 N–H and O–H groups in total. The molecule has 0 spiro atoms. The van der Waals surface area contributed by atoms with Crippen molar-refractivity contribution in [3.63, 3.8) is 0 Å². The van der Waals surface area contributed by atoms with Crippen LogP contribution in [-0.4, -0.2) is 64.9 Å². The van der Waals surface area contributed by atoms with E-state index in [1.54, 1.807) is 0 Å². The molecule has 0 aliphatic carbocycles. The second-order valence-electron chi connectivity index (χ2n) is 17.3. The van der Waals surface area contributed by atoms with Gasteiger partial charge in [-0.05, 0) is 64.2 Å². The van der Waals surface area contributed by atoms with E-state index in [1.807, 2.05) is 0 Å². The Bertz CT molecular complexity index is 1390. The first-order valence-corrected chi connectivity index (χ1v) is 27.5. The molecule has 0 aliphatic heterocycles. The van der Waals surface area contributed by atoms with Gasteiger partial charge in [-0.3, -0.25) is 18.6 Å². The van der Waals surface area contributed by atoms with Crippen molar-refractivity contribution in [2.75, 3.05) is 19.8 Å². The van der Waals surface area contributed by atoms with Crippen LogP contribution in [0.4, 0.5) is 0 Å². The summed E-state index contributed by atoms with van der Waals surface area (Å²) in [5.74, 6) is -2.42. The summed E-state index contributed by atoms with van der Waals surface area (Å²) in [6.45, 7) is 2.46. The fraction of sp³-hybridized carbons (Fsp3) is 0.722. The predicted octanol–water partition coefficient (Wildman–Crippen LogP) is 14.5. The van der Waals surface area contributed by atoms with E-state index in [-0.39, 0.29) is 12.8 Å². The number of unbranched alkanes of at least 4 members (excludes halogenated alkanes) is 22. The number of aliphatic carboxylic acids is 1. The minimum absolute atomic E-state index is 0.143. The highest BCUT2D eigenvalue weighted by molar-refractivity contribution is 7.47. The maximum absolute atomic E-state index is 12.4. The molecule has 3 atom stereocenters. The van der Waals surface area contributed by atoms with Crippen LogP contribution in [0.3, 0.4) is 0 Å². The third-order valence-corrected chi connectivity index (χ3v) is 12.0.